The van der Waals surface area contributed by atoms with Crippen LogP contribution in [-0.4, -0.2) is 12.5 Å². The minimum Gasteiger partial charge on any atom is -0.493 e. The Balaban J connectivity index is 2.58. The largest absolute Gasteiger partial charge is 0.493 e. The highest BCUT2D eigenvalue weighted by atomic mass is 16.5. The van der Waals surface area contributed by atoms with Crippen molar-refractivity contribution in [1.29, 1.82) is 0 Å². The molecule has 90 valence electrons. The molecule has 2 N–H and O–H groups in total. The van der Waals surface area contributed by atoms with E-state index in [1.165, 1.54) is 0 Å². The van der Waals surface area contributed by atoms with E-state index in [9.17, 15) is 4.79 Å². The van der Waals surface area contributed by atoms with Crippen LogP contribution in [0.15, 0.2) is 22.6 Å². The maximum absolute atomic E-state index is 11.2. The minimum absolute atomic E-state index is 0.201. The summed E-state index contributed by atoms with van der Waals surface area (Å²) in [7, 11) is 0. The van der Waals surface area contributed by atoms with Gasteiger partial charge in [0, 0.05) is 5.56 Å². The topological polar surface area (TPSA) is 65.5 Å². The molecule has 1 aromatic carbocycles. The lowest BCUT2D eigenvalue weighted by atomic mass is 10.1. The molecule has 2 rings (SSSR count). The highest BCUT2D eigenvalue weighted by molar-refractivity contribution is 5.99. The van der Waals surface area contributed by atoms with Gasteiger partial charge in [-0.25, -0.2) is 0 Å². The normalized spacial score (nSPS) is 10.7. The van der Waals surface area contributed by atoms with E-state index in [0.717, 1.165) is 23.1 Å². The molecule has 2 aromatic rings. The summed E-state index contributed by atoms with van der Waals surface area (Å²) in [6.07, 6.45) is 0.927. The van der Waals surface area contributed by atoms with Gasteiger partial charge in [0.1, 0.15) is 11.3 Å². The van der Waals surface area contributed by atoms with Crippen LogP contribution in [0.3, 0.4) is 0 Å². The highest BCUT2D eigenvalue weighted by Gasteiger charge is 2.17. The number of hydrogen-bond donors (Lipinski definition) is 1. The number of hydrogen-bond acceptors (Lipinski definition) is 3. The molecule has 4 nitrogen and oxygen atoms in total. The molecular weight excluding hydrogens is 218 g/mol. The Hall–Kier alpha value is -1.97. The fraction of sp³-hybridized carbons (Fsp3) is 0.308. The molecule has 1 amide bonds. The molecule has 0 aliphatic heterocycles. The molecule has 1 heterocycles. The summed E-state index contributed by atoms with van der Waals surface area (Å²) in [5.41, 5.74) is 6.62. The molecule has 0 radical (unpaired) electrons. The van der Waals surface area contributed by atoms with Gasteiger partial charge in [0.15, 0.2) is 5.76 Å². The molecule has 0 saturated carbocycles. The molecule has 0 bridgehead atoms. The third-order valence-corrected chi connectivity index (χ3v) is 2.60. The van der Waals surface area contributed by atoms with Gasteiger partial charge in [-0.15, -0.1) is 0 Å². The SMILES string of the molecule is CCCOc1cccc2oc(C(N)=O)c(C)c12. The average molecular weight is 233 g/mol. The highest BCUT2D eigenvalue weighted by Crippen LogP contribution is 2.32. The van der Waals surface area contributed by atoms with E-state index in [1.54, 1.807) is 6.07 Å². The number of nitrogens with two attached hydrogens (primary N) is 1. The van der Waals surface area contributed by atoms with Gasteiger partial charge >= 0.3 is 0 Å². The molecule has 17 heavy (non-hydrogen) atoms. The van der Waals surface area contributed by atoms with Gasteiger partial charge in [-0.05, 0) is 25.5 Å². The Kier molecular flexibility index (Phi) is 3.04. The van der Waals surface area contributed by atoms with E-state index in [1.807, 2.05) is 26.0 Å². The smallest absolute Gasteiger partial charge is 0.284 e. The van der Waals surface area contributed by atoms with Gasteiger partial charge in [-0.3, -0.25) is 4.79 Å². The fourth-order valence-electron chi connectivity index (χ4n) is 1.83. The third kappa shape index (κ3) is 1.98. The van der Waals surface area contributed by atoms with E-state index in [-0.39, 0.29) is 5.76 Å². The van der Waals surface area contributed by atoms with Gasteiger partial charge in [0.05, 0.1) is 12.0 Å². The second-order valence-electron chi connectivity index (χ2n) is 3.90. The Morgan fingerprint density at radius 1 is 1.47 bits per heavy atom. The summed E-state index contributed by atoms with van der Waals surface area (Å²) in [5.74, 6) is 0.380. The standard InChI is InChI=1S/C13H15NO3/c1-3-7-16-9-5-4-6-10-11(9)8(2)12(17-10)13(14)15/h4-6H,3,7H2,1-2H3,(H2,14,15). The monoisotopic (exact) mass is 233 g/mol. The van der Waals surface area contributed by atoms with E-state index in [2.05, 4.69) is 0 Å². The number of amides is 1. The van der Waals surface area contributed by atoms with Crippen molar-refractivity contribution in [2.24, 2.45) is 5.73 Å². The van der Waals surface area contributed by atoms with Gasteiger partial charge in [0.2, 0.25) is 0 Å². The lowest BCUT2D eigenvalue weighted by Crippen LogP contribution is -2.10. The van der Waals surface area contributed by atoms with E-state index < -0.39 is 5.91 Å². The molecule has 0 atom stereocenters. The summed E-state index contributed by atoms with van der Waals surface area (Å²) in [5, 5.41) is 0.828. The Labute approximate surface area is 99.3 Å². The van der Waals surface area contributed by atoms with Crippen molar-refractivity contribution in [2.75, 3.05) is 6.61 Å². The predicted molar refractivity (Wildman–Crippen MR) is 65.3 cm³/mol. The van der Waals surface area contributed by atoms with Crippen molar-refractivity contribution >= 4 is 16.9 Å². The number of fused-ring (bicyclic) bond motifs is 1. The first-order chi connectivity index (χ1) is 8.15. The molecular formula is C13H15NO3. The molecule has 0 fully saturated rings. The summed E-state index contributed by atoms with van der Waals surface area (Å²) < 4.78 is 11.1. The van der Waals surface area contributed by atoms with Crippen LogP contribution in [0.2, 0.25) is 0 Å². The number of ether oxygens (including phenoxy) is 1. The Morgan fingerprint density at radius 3 is 2.88 bits per heavy atom. The zero-order valence-corrected chi connectivity index (χ0v) is 9.95. The van der Waals surface area contributed by atoms with Crippen LogP contribution in [0.25, 0.3) is 11.0 Å². The minimum atomic E-state index is -0.555. The summed E-state index contributed by atoms with van der Waals surface area (Å²) >= 11 is 0. The van der Waals surface area contributed by atoms with Crippen LogP contribution in [0.4, 0.5) is 0 Å². The van der Waals surface area contributed by atoms with Crippen molar-refractivity contribution in [3.05, 3.63) is 29.5 Å². The average Bonchev–Trinajstić information content (AvgIpc) is 2.65. The second kappa shape index (κ2) is 4.49. The number of benzene rings is 1. The van der Waals surface area contributed by atoms with Gasteiger partial charge < -0.3 is 14.9 Å². The number of primary amides is 1. The van der Waals surface area contributed by atoms with Crippen LogP contribution in [0.1, 0.15) is 29.5 Å². The Bertz CT molecular complexity index is 557. The van der Waals surface area contributed by atoms with Crippen LogP contribution in [-0.2, 0) is 0 Å². The first kappa shape index (κ1) is 11.5. The number of carbonyl (C=O) groups is 1. The zero-order valence-electron chi connectivity index (χ0n) is 9.95. The maximum atomic E-state index is 11.2. The van der Waals surface area contributed by atoms with E-state index >= 15 is 0 Å². The molecule has 4 heteroatoms. The van der Waals surface area contributed by atoms with Crippen molar-refractivity contribution < 1.29 is 13.9 Å². The number of carbonyl (C=O) groups excluding carboxylic acids is 1. The summed E-state index contributed by atoms with van der Waals surface area (Å²) in [6, 6.07) is 5.50. The van der Waals surface area contributed by atoms with Crippen molar-refractivity contribution in [3.63, 3.8) is 0 Å². The Morgan fingerprint density at radius 2 is 2.24 bits per heavy atom. The fourth-order valence-corrected chi connectivity index (χ4v) is 1.83. The van der Waals surface area contributed by atoms with E-state index in [0.29, 0.717) is 12.2 Å². The molecule has 0 saturated heterocycles. The molecule has 1 aromatic heterocycles. The third-order valence-electron chi connectivity index (χ3n) is 2.60. The number of aryl methyl sites for hydroxylation is 1. The number of furan rings is 1. The summed E-state index contributed by atoms with van der Waals surface area (Å²) in [6.45, 7) is 4.48. The first-order valence-corrected chi connectivity index (χ1v) is 5.59. The number of rotatable bonds is 4. The molecule has 0 unspecified atom stereocenters. The lowest BCUT2D eigenvalue weighted by Gasteiger charge is -2.05. The predicted octanol–water partition coefficient (Wildman–Crippen LogP) is 2.63. The quantitative estimate of drug-likeness (QED) is 0.882. The van der Waals surface area contributed by atoms with Crippen LogP contribution in [0.5, 0.6) is 5.75 Å². The summed E-state index contributed by atoms with van der Waals surface area (Å²) in [4.78, 5) is 11.2. The van der Waals surface area contributed by atoms with Gasteiger partial charge in [-0.1, -0.05) is 13.0 Å². The van der Waals surface area contributed by atoms with Crippen molar-refractivity contribution in [1.82, 2.24) is 0 Å². The maximum Gasteiger partial charge on any atom is 0.284 e. The van der Waals surface area contributed by atoms with Crippen molar-refractivity contribution in [3.8, 4) is 5.75 Å². The van der Waals surface area contributed by atoms with Crippen LogP contribution < -0.4 is 10.5 Å². The lowest BCUT2D eigenvalue weighted by molar-refractivity contribution is 0.0975. The van der Waals surface area contributed by atoms with Crippen molar-refractivity contribution in [2.45, 2.75) is 20.3 Å². The van der Waals surface area contributed by atoms with Gasteiger partial charge in [-0.2, -0.15) is 0 Å². The molecule has 0 spiro atoms. The van der Waals surface area contributed by atoms with Crippen LogP contribution in [0, 0.1) is 6.92 Å². The molecule has 0 aliphatic rings. The second-order valence-corrected chi connectivity index (χ2v) is 3.90. The first-order valence-electron chi connectivity index (χ1n) is 5.59. The van der Waals surface area contributed by atoms with Gasteiger partial charge in [0.25, 0.3) is 5.91 Å². The zero-order chi connectivity index (χ0) is 12.4. The van der Waals surface area contributed by atoms with Crippen LogP contribution >= 0.6 is 0 Å². The molecule has 0 aliphatic carbocycles. The van der Waals surface area contributed by atoms with E-state index in [4.69, 9.17) is 14.9 Å².